The van der Waals surface area contributed by atoms with Crippen molar-refractivity contribution in [2.45, 2.75) is 25.3 Å². The highest BCUT2D eigenvalue weighted by Crippen LogP contribution is 2.24. The van der Waals surface area contributed by atoms with E-state index in [4.69, 9.17) is 0 Å². The topological polar surface area (TPSA) is 75.2 Å². The molecular weight excluding hydrogens is 308 g/mol. The molecule has 8 heteroatoms. The van der Waals surface area contributed by atoms with Crippen molar-refractivity contribution < 1.29 is 8.42 Å². The van der Waals surface area contributed by atoms with Crippen LogP contribution in [-0.4, -0.2) is 36.3 Å². The molecule has 21 heavy (non-hydrogen) atoms. The SMILES string of the molecule is CCNc1ccncc1S(=O)(=O)N(C)Cc1csc(C)n1. The molecule has 0 fully saturated rings. The lowest BCUT2D eigenvalue weighted by molar-refractivity contribution is 0.463. The van der Waals surface area contributed by atoms with Crippen LogP contribution in [0.3, 0.4) is 0 Å². The molecule has 0 amide bonds. The van der Waals surface area contributed by atoms with Crippen LogP contribution in [-0.2, 0) is 16.6 Å². The lowest BCUT2D eigenvalue weighted by Crippen LogP contribution is -2.27. The van der Waals surface area contributed by atoms with E-state index in [-0.39, 0.29) is 11.4 Å². The van der Waals surface area contributed by atoms with Gasteiger partial charge in [-0.2, -0.15) is 4.31 Å². The molecule has 0 atom stereocenters. The van der Waals surface area contributed by atoms with Crippen molar-refractivity contribution >= 4 is 27.0 Å². The minimum Gasteiger partial charge on any atom is -0.384 e. The third-order valence-electron chi connectivity index (χ3n) is 2.89. The van der Waals surface area contributed by atoms with Crippen molar-refractivity contribution in [3.8, 4) is 0 Å². The highest BCUT2D eigenvalue weighted by atomic mass is 32.2. The molecule has 0 radical (unpaired) electrons. The fourth-order valence-electron chi connectivity index (χ4n) is 1.88. The Morgan fingerprint density at radius 1 is 1.43 bits per heavy atom. The summed E-state index contributed by atoms with van der Waals surface area (Å²) in [6, 6.07) is 1.66. The smallest absolute Gasteiger partial charge is 0.246 e. The van der Waals surface area contributed by atoms with Gasteiger partial charge in [0, 0.05) is 31.4 Å². The molecule has 0 aliphatic rings. The van der Waals surface area contributed by atoms with Crippen molar-refractivity contribution in [1.29, 1.82) is 0 Å². The summed E-state index contributed by atoms with van der Waals surface area (Å²) in [6.07, 6.45) is 2.94. The van der Waals surface area contributed by atoms with Gasteiger partial charge in [-0.15, -0.1) is 11.3 Å². The summed E-state index contributed by atoms with van der Waals surface area (Å²) in [7, 11) is -2.06. The molecule has 0 saturated carbocycles. The second kappa shape index (κ2) is 6.50. The van der Waals surface area contributed by atoms with Gasteiger partial charge in [0.25, 0.3) is 0 Å². The number of hydrogen-bond donors (Lipinski definition) is 1. The Kier molecular flexibility index (Phi) is 4.92. The number of hydrogen-bond acceptors (Lipinski definition) is 6. The molecular formula is C13H18N4O2S2. The summed E-state index contributed by atoms with van der Waals surface area (Å²) in [5, 5.41) is 5.84. The van der Waals surface area contributed by atoms with E-state index in [1.807, 2.05) is 19.2 Å². The fraction of sp³-hybridized carbons (Fsp3) is 0.385. The second-order valence-corrected chi connectivity index (χ2v) is 7.60. The van der Waals surface area contributed by atoms with Crippen molar-refractivity contribution in [2.24, 2.45) is 0 Å². The van der Waals surface area contributed by atoms with Gasteiger partial charge in [-0.25, -0.2) is 13.4 Å². The molecule has 2 aromatic heterocycles. The predicted molar refractivity (Wildman–Crippen MR) is 83.9 cm³/mol. The molecule has 0 aromatic carbocycles. The van der Waals surface area contributed by atoms with Crippen LogP contribution in [0.15, 0.2) is 28.7 Å². The van der Waals surface area contributed by atoms with Gasteiger partial charge in [0.15, 0.2) is 0 Å². The molecule has 0 bridgehead atoms. The number of aryl methyl sites for hydroxylation is 1. The highest BCUT2D eigenvalue weighted by Gasteiger charge is 2.24. The number of anilines is 1. The first-order valence-corrected chi connectivity index (χ1v) is 8.82. The van der Waals surface area contributed by atoms with E-state index in [9.17, 15) is 8.42 Å². The van der Waals surface area contributed by atoms with Gasteiger partial charge in [-0.05, 0) is 19.9 Å². The Morgan fingerprint density at radius 3 is 2.81 bits per heavy atom. The first-order valence-electron chi connectivity index (χ1n) is 6.50. The number of thiazole rings is 1. The fourth-order valence-corrected chi connectivity index (χ4v) is 3.74. The summed E-state index contributed by atoms with van der Waals surface area (Å²) in [4.78, 5) is 8.41. The average Bonchev–Trinajstić information content (AvgIpc) is 2.85. The van der Waals surface area contributed by atoms with Gasteiger partial charge in [0.1, 0.15) is 4.90 Å². The number of nitrogens with zero attached hydrogens (tertiary/aromatic N) is 3. The van der Waals surface area contributed by atoms with Crippen molar-refractivity contribution in [1.82, 2.24) is 14.3 Å². The predicted octanol–water partition coefficient (Wildman–Crippen LogP) is 2.10. The lowest BCUT2D eigenvalue weighted by atomic mass is 10.4. The van der Waals surface area contributed by atoms with E-state index in [2.05, 4.69) is 15.3 Å². The number of nitrogens with one attached hydrogen (secondary N) is 1. The lowest BCUT2D eigenvalue weighted by Gasteiger charge is -2.18. The van der Waals surface area contributed by atoms with Gasteiger partial charge < -0.3 is 5.32 Å². The van der Waals surface area contributed by atoms with Gasteiger partial charge in [0.2, 0.25) is 10.0 Å². The summed E-state index contributed by atoms with van der Waals surface area (Å²) in [5.41, 5.74) is 1.31. The van der Waals surface area contributed by atoms with Crippen LogP contribution >= 0.6 is 11.3 Å². The number of sulfonamides is 1. The van der Waals surface area contributed by atoms with E-state index >= 15 is 0 Å². The monoisotopic (exact) mass is 326 g/mol. The van der Waals surface area contributed by atoms with Gasteiger partial charge >= 0.3 is 0 Å². The van der Waals surface area contributed by atoms with Crippen molar-refractivity contribution in [3.05, 3.63) is 34.5 Å². The average molecular weight is 326 g/mol. The van der Waals surface area contributed by atoms with E-state index < -0.39 is 10.0 Å². The van der Waals surface area contributed by atoms with Crippen LogP contribution < -0.4 is 5.32 Å². The summed E-state index contributed by atoms with van der Waals surface area (Å²) >= 11 is 1.51. The molecule has 0 aliphatic heterocycles. The van der Waals surface area contributed by atoms with Crippen LogP contribution in [0.4, 0.5) is 5.69 Å². The molecule has 2 aromatic rings. The molecule has 1 N–H and O–H groups in total. The molecule has 0 aliphatic carbocycles. The first kappa shape index (κ1) is 15.9. The normalized spacial score (nSPS) is 11.8. The van der Waals surface area contributed by atoms with Gasteiger partial charge in [-0.1, -0.05) is 0 Å². The molecule has 2 rings (SSSR count). The summed E-state index contributed by atoms with van der Waals surface area (Å²) in [6.45, 7) is 4.69. The summed E-state index contributed by atoms with van der Waals surface area (Å²) < 4.78 is 26.6. The maximum absolute atomic E-state index is 12.7. The molecule has 114 valence electrons. The standard InChI is InChI=1S/C13H18N4O2S2/c1-4-15-12-5-6-14-7-13(12)21(18,19)17(3)8-11-9-20-10(2)16-11/h5-7,9H,4,8H2,1-3H3,(H,14,15). The highest BCUT2D eigenvalue weighted by molar-refractivity contribution is 7.89. The second-order valence-electron chi connectivity index (χ2n) is 4.52. The quantitative estimate of drug-likeness (QED) is 0.880. The number of rotatable bonds is 6. The molecule has 0 saturated heterocycles. The zero-order chi connectivity index (χ0) is 15.5. The van der Waals surface area contributed by atoms with E-state index in [0.29, 0.717) is 12.2 Å². The third-order valence-corrected chi connectivity index (χ3v) is 5.54. The minimum absolute atomic E-state index is 0.182. The Hall–Kier alpha value is -1.51. The maximum Gasteiger partial charge on any atom is 0.246 e. The van der Waals surface area contributed by atoms with Crippen LogP contribution in [0, 0.1) is 6.92 Å². The Morgan fingerprint density at radius 2 is 2.19 bits per heavy atom. The van der Waals surface area contributed by atoms with E-state index in [1.54, 1.807) is 19.3 Å². The van der Waals surface area contributed by atoms with E-state index in [1.165, 1.54) is 21.8 Å². The van der Waals surface area contributed by atoms with Gasteiger partial charge in [0.05, 0.1) is 22.9 Å². The van der Waals surface area contributed by atoms with E-state index in [0.717, 1.165) is 10.7 Å². The maximum atomic E-state index is 12.7. The Labute approximate surface area is 128 Å². The van der Waals surface area contributed by atoms with Crippen LogP contribution in [0.25, 0.3) is 0 Å². The Balaban J connectivity index is 2.28. The third kappa shape index (κ3) is 3.58. The molecule has 6 nitrogen and oxygen atoms in total. The number of pyridine rings is 1. The Bertz CT molecular complexity index is 712. The van der Waals surface area contributed by atoms with Crippen LogP contribution in [0.2, 0.25) is 0 Å². The molecule has 0 unspecified atom stereocenters. The van der Waals surface area contributed by atoms with Crippen molar-refractivity contribution in [3.63, 3.8) is 0 Å². The zero-order valence-electron chi connectivity index (χ0n) is 12.2. The first-order chi connectivity index (χ1) is 9.95. The molecule has 0 spiro atoms. The zero-order valence-corrected chi connectivity index (χ0v) is 13.8. The molecule has 2 heterocycles. The number of aromatic nitrogens is 2. The van der Waals surface area contributed by atoms with Gasteiger partial charge in [-0.3, -0.25) is 4.98 Å². The van der Waals surface area contributed by atoms with Crippen molar-refractivity contribution in [2.75, 3.05) is 18.9 Å². The minimum atomic E-state index is -3.61. The van der Waals surface area contributed by atoms with Crippen LogP contribution in [0.1, 0.15) is 17.6 Å². The summed E-state index contributed by atoms with van der Waals surface area (Å²) in [5.74, 6) is 0. The largest absolute Gasteiger partial charge is 0.384 e. The van der Waals surface area contributed by atoms with Crippen LogP contribution in [0.5, 0.6) is 0 Å².